The zero-order valence-corrected chi connectivity index (χ0v) is 13.8. The molecule has 0 spiro atoms. The fourth-order valence-corrected chi connectivity index (χ4v) is 3.12. The van der Waals surface area contributed by atoms with E-state index in [0.717, 1.165) is 5.69 Å². The number of hydrogen-bond donors (Lipinski definition) is 1. The zero-order valence-electron chi connectivity index (χ0n) is 13.1. The van der Waals surface area contributed by atoms with Crippen LogP contribution in [0.25, 0.3) is 0 Å². The highest BCUT2D eigenvalue weighted by Gasteiger charge is 2.23. The van der Waals surface area contributed by atoms with Gasteiger partial charge in [0.25, 0.3) is 0 Å². The fourth-order valence-electron chi connectivity index (χ4n) is 2.89. The number of halogens is 2. The summed E-state index contributed by atoms with van der Waals surface area (Å²) in [6.07, 6.45) is -0.0396. The average Bonchev–Trinajstić information content (AvgIpc) is 2.59. The lowest BCUT2D eigenvalue weighted by molar-refractivity contribution is -0.130. The van der Waals surface area contributed by atoms with Gasteiger partial charge >= 0.3 is 0 Å². The van der Waals surface area contributed by atoms with Gasteiger partial charge in [0.15, 0.2) is 0 Å². The molecule has 1 fully saturated rings. The maximum Gasteiger partial charge on any atom is 0.227 e. The summed E-state index contributed by atoms with van der Waals surface area (Å²) in [5.74, 6) is -0.363. The molecule has 24 heavy (non-hydrogen) atoms. The molecule has 1 amide bonds. The molecule has 0 saturated carbocycles. The number of carbonyl (C=O) groups is 1. The Balaban J connectivity index is 1.62. The van der Waals surface area contributed by atoms with E-state index in [0.29, 0.717) is 26.2 Å². The highest BCUT2D eigenvalue weighted by atomic mass is 35.5. The first-order chi connectivity index (χ1) is 11.6. The zero-order chi connectivity index (χ0) is 17.1. The molecule has 3 rings (SSSR count). The van der Waals surface area contributed by atoms with Gasteiger partial charge in [0, 0.05) is 36.8 Å². The Labute approximate surface area is 145 Å². The van der Waals surface area contributed by atoms with Gasteiger partial charge in [-0.15, -0.1) is 0 Å². The second-order valence-electron chi connectivity index (χ2n) is 5.73. The lowest BCUT2D eigenvalue weighted by Gasteiger charge is -2.36. The number of aromatic hydroxyl groups is 1. The third-order valence-corrected chi connectivity index (χ3v) is 4.60. The van der Waals surface area contributed by atoms with E-state index < -0.39 is 5.82 Å². The summed E-state index contributed by atoms with van der Waals surface area (Å²) in [5, 5.41) is 10.2. The van der Waals surface area contributed by atoms with E-state index in [1.54, 1.807) is 23.1 Å². The van der Waals surface area contributed by atoms with Gasteiger partial charge in [-0.1, -0.05) is 29.8 Å². The molecular formula is C18H18ClFN2O2. The lowest BCUT2D eigenvalue weighted by Crippen LogP contribution is -2.49. The van der Waals surface area contributed by atoms with Crippen molar-refractivity contribution in [3.8, 4) is 5.75 Å². The van der Waals surface area contributed by atoms with E-state index in [9.17, 15) is 14.3 Å². The van der Waals surface area contributed by atoms with E-state index in [1.165, 1.54) is 12.1 Å². The largest absolute Gasteiger partial charge is 0.506 e. The summed E-state index contributed by atoms with van der Waals surface area (Å²) < 4.78 is 13.8. The van der Waals surface area contributed by atoms with Crippen LogP contribution in [0.15, 0.2) is 42.5 Å². The number of carbonyl (C=O) groups excluding carboxylic acids is 1. The SMILES string of the molecule is O=C(Cc1c(F)cccc1Cl)N1CCN(c2ccccc2O)CC1. The van der Waals surface area contributed by atoms with Gasteiger partial charge in [-0.25, -0.2) is 4.39 Å². The number of amides is 1. The van der Waals surface area contributed by atoms with E-state index in [-0.39, 0.29) is 28.7 Å². The van der Waals surface area contributed by atoms with E-state index in [1.807, 2.05) is 17.0 Å². The van der Waals surface area contributed by atoms with Crippen LogP contribution in [0.4, 0.5) is 10.1 Å². The van der Waals surface area contributed by atoms with Crippen LogP contribution in [0.2, 0.25) is 5.02 Å². The Morgan fingerprint density at radius 2 is 1.79 bits per heavy atom. The molecule has 1 saturated heterocycles. The van der Waals surface area contributed by atoms with Gasteiger partial charge in [0.1, 0.15) is 11.6 Å². The van der Waals surface area contributed by atoms with Crippen molar-refractivity contribution in [2.45, 2.75) is 6.42 Å². The average molecular weight is 349 g/mol. The van der Waals surface area contributed by atoms with Crippen molar-refractivity contribution in [2.24, 2.45) is 0 Å². The van der Waals surface area contributed by atoms with E-state index in [2.05, 4.69) is 0 Å². The molecule has 0 atom stereocenters. The van der Waals surface area contributed by atoms with Gasteiger partial charge in [0.2, 0.25) is 5.91 Å². The lowest BCUT2D eigenvalue weighted by atomic mass is 10.1. The fraction of sp³-hybridized carbons (Fsp3) is 0.278. The highest BCUT2D eigenvalue weighted by molar-refractivity contribution is 6.31. The molecule has 0 aromatic heterocycles. The molecule has 2 aromatic rings. The monoisotopic (exact) mass is 348 g/mol. The molecule has 0 bridgehead atoms. The third kappa shape index (κ3) is 3.46. The molecule has 1 N–H and O–H groups in total. The van der Waals surface area contributed by atoms with Crippen LogP contribution in [0.1, 0.15) is 5.56 Å². The first kappa shape index (κ1) is 16.6. The van der Waals surface area contributed by atoms with Crippen LogP contribution < -0.4 is 4.90 Å². The Hall–Kier alpha value is -2.27. The second-order valence-corrected chi connectivity index (χ2v) is 6.14. The second kappa shape index (κ2) is 7.09. The van der Waals surface area contributed by atoms with Crippen molar-refractivity contribution >= 4 is 23.2 Å². The number of phenolic OH excluding ortho intramolecular Hbond substituents is 1. The molecule has 0 aliphatic carbocycles. The molecule has 4 nitrogen and oxygen atoms in total. The minimum Gasteiger partial charge on any atom is -0.506 e. The summed E-state index contributed by atoms with van der Waals surface area (Å²) in [7, 11) is 0. The molecule has 1 heterocycles. The standard InChI is InChI=1S/C18H18ClFN2O2/c19-14-4-3-5-15(20)13(14)12-18(24)22-10-8-21(9-11-22)16-6-1-2-7-17(16)23/h1-7,23H,8-12H2. The predicted molar refractivity (Wildman–Crippen MR) is 92.0 cm³/mol. The van der Waals surface area contributed by atoms with Gasteiger partial charge in [-0.2, -0.15) is 0 Å². The van der Waals surface area contributed by atoms with E-state index >= 15 is 0 Å². The van der Waals surface area contributed by atoms with Gasteiger partial charge in [-0.3, -0.25) is 4.79 Å². The maximum absolute atomic E-state index is 13.8. The highest BCUT2D eigenvalue weighted by Crippen LogP contribution is 2.27. The van der Waals surface area contributed by atoms with Crippen molar-refractivity contribution in [3.05, 3.63) is 58.9 Å². The molecule has 126 valence electrons. The molecule has 1 aliphatic rings. The van der Waals surface area contributed by atoms with Gasteiger partial charge < -0.3 is 14.9 Å². The van der Waals surface area contributed by atoms with Crippen LogP contribution in [0.3, 0.4) is 0 Å². The third-order valence-electron chi connectivity index (χ3n) is 4.24. The van der Waals surface area contributed by atoms with Crippen molar-refractivity contribution in [2.75, 3.05) is 31.1 Å². The molecule has 1 aliphatic heterocycles. The van der Waals surface area contributed by atoms with Crippen molar-refractivity contribution in [1.82, 2.24) is 4.90 Å². The number of nitrogens with zero attached hydrogens (tertiary/aromatic N) is 2. The first-order valence-electron chi connectivity index (χ1n) is 7.80. The maximum atomic E-state index is 13.8. The number of phenols is 1. The first-order valence-corrected chi connectivity index (χ1v) is 8.17. The number of rotatable bonds is 3. The van der Waals surface area contributed by atoms with Crippen LogP contribution in [0, 0.1) is 5.82 Å². The number of anilines is 1. The molecule has 2 aromatic carbocycles. The minimum atomic E-state index is -0.455. The summed E-state index contributed by atoms with van der Waals surface area (Å²) in [6, 6.07) is 11.6. The smallest absolute Gasteiger partial charge is 0.227 e. The van der Waals surface area contributed by atoms with Crippen LogP contribution in [-0.2, 0) is 11.2 Å². The summed E-state index contributed by atoms with van der Waals surface area (Å²) >= 11 is 5.99. The number of para-hydroxylation sites is 2. The Kier molecular flexibility index (Phi) is 4.90. The van der Waals surface area contributed by atoms with Crippen LogP contribution >= 0.6 is 11.6 Å². The normalized spacial score (nSPS) is 14.8. The topological polar surface area (TPSA) is 43.8 Å². The van der Waals surface area contributed by atoms with Crippen LogP contribution in [-0.4, -0.2) is 42.1 Å². The Bertz CT molecular complexity index is 725. The quantitative estimate of drug-likeness (QED) is 0.927. The Morgan fingerprint density at radius 3 is 2.46 bits per heavy atom. The number of hydrogen-bond acceptors (Lipinski definition) is 3. The molecule has 6 heteroatoms. The van der Waals surface area contributed by atoms with Crippen molar-refractivity contribution in [3.63, 3.8) is 0 Å². The van der Waals surface area contributed by atoms with Crippen molar-refractivity contribution < 1.29 is 14.3 Å². The summed E-state index contributed by atoms with van der Waals surface area (Å²) in [6.45, 7) is 2.29. The van der Waals surface area contributed by atoms with Crippen LogP contribution in [0.5, 0.6) is 5.75 Å². The minimum absolute atomic E-state index is 0.0396. The predicted octanol–water partition coefficient (Wildman–Crippen LogP) is 3.08. The van der Waals surface area contributed by atoms with Crippen molar-refractivity contribution in [1.29, 1.82) is 0 Å². The van der Waals surface area contributed by atoms with Gasteiger partial charge in [-0.05, 0) is 24.3 Å². The molecule has 0 unspecified atom stereocenters. The van der Waals surface area contributed by atoms with Gasteiger partial charge in [0.05, 0.1) is 12.1 Å². The number of piperazine rings is 1. The summed E-state index contributed by atoms with van der Waals surface area (Å²) in [5.41, 5.74) is 1.01. The van der Waals surface area contributed by atoms with E-state index in [4.69, 9.17) is 11.6 Å². The summed E-state index contributed by atoms with van der Waals surface area (Å²) in [4.78, 5) is 16.2. The Morgan fingerprint density at radius 1 is 1.08 bits per heavy atom. The molecular weight excluding hydrogens is 331 g/mol. The molecule has 0 radical (unpaired) electrons. The number of benzene rings is 2.